The number of imidazole rings is 2. The minimum atomic E-state index is 0.829. The highest BCUT2D eigenvalue weighted by Crippen LogP contribution is 2.25. The number of hydrogen-bond donors (Lipinski definition) is 0. The van der Waals surface area contributed by atoms with Crippen LogP contribution >= 0.6 is 15.9 Å². The molecule has 5 heteroatoms. The van der Waals surface area contributed by atoms with Crippen LogP contribution in [-0.2, 0) is 27.2 Å². The number of aromatic nitrogens is 4. The summed E-state index contributed by atoms with van der Waals surface area (Å²) in [5.41, 5.74) is 7.54. The highest BCUT2D eigenvalue weighted by Gasteiger charge is 2.17. The summed E-state index contributed by atoms with van der Waals surface area (Å²) in [5.74, 6) is 0. The molecule has 0 unspecified atom stereocenters. The first-order chi connectivity index (χ1) is 14.1. The van der Waals surface area contributed by atoms with Crippen molar-refractivity contribution in [1.29, 1.82) is 0 Å². The molecule has 0 fully saturated rings. The van der Waals surface area contributed by atoms with Crippen LogP contribution in [0, 0.1) is 0 Å². The van der Waals surface area contributed by atoms with E-state index >= 15 is 0 Å². The first kappa shape index (κ1) is 18.1. The molecule has 0 saturated carbocycles. The van der Waals surface area contributed by atoms with Gasteiger partial charge in [0.25, 0.3) is 0 Å². The first-order valence-electron chi connectivity index (χ1n) is 9.75. The molecule has 0 N–H and O–H groups in total. The van der Waals surface area contributed by atoms with Crippen LogP contribution < -0.4 is 9.13 Å². The standard InChI is InChI=1S/C24H23BrN4/c1-26-16-28(22-12-5-3-10-20(22)26)14-18-8-7-9-19(24(18)25)15-29-17-27(2)21-11-4-6-13-23(21)29/h3-13,16-17H,14-15H2,1-2H3/q+2. The molecule has 3 aromatic carbocycles. The maximum absolute atomic E-state index is 3.90. The van der Waals surface area contributed by atoms with Crippen molar-refractivity contribution < 1.29 is 9.13 Å². The van der Waals surface area contributed by atoms with E-state index < -0.39 is 0 Å². The van der Waals surface area contributed by atoms with Crippen LogP contribution in [0.4, 0.5) is 0 Å². The highest BCUT2D eigenvalue weighted by atomic mass is 79.9. The van der Waals surface area contributed by atoms with Gasteiger partial charge in [0.05, 0.1) is 14.1 Å². The molecule has 2 aromatic heterocycles. The zero-order valence-electron chi connectivity index (χ0n) is 16.6. The van der Waals surface area contributed by atoms with E-state index in [9.17, 15) is 0 Å². The summed E-state index contributed by atoms with van der Waals surface area (Å²) in [4.78, 5) is 0. The summed E-state index contributed by atoms with van der Waals surface area (Å²) in [6, 6.07) is 23.6. The van der Waals surface area contributed by atoms with Gasteiger partial charge in [0.15, 0.2) is 22.1 Å². The third-order valence-electron chi connectivity index (χ3n) is 5.61. The second-order valence-electron chi connectivity index (χ2n) is 7.58. The van der Waals surface area contributed by atoms with Crippen LogP contribution in [0.2, 0.25) is 0 Å². The molecule has 0 aliphatic heterocycles. The topological polar surface area (TPSA) is 17.6 Å². The Morgan fingerprint density at radius 1 is 0.655 bits per heavy atom. The average Bonchev–Trinajstić information content (AvgIpc) is 3.23. The fourth-order valence-corrected chi connectivity index (χ4v) is 4.69. The van der Waals surface area contributed by atoms with Crippen molar-refractivity contribution >= 4 is 38.0 Å². The molecular weight excluding hydrogens is 424 g/mol. The third-order valence-corrected chi connectivity index (χ3v) is 6.63. The number of halogens is 1. The van der Waals surface area contributed by atoms with E-state index in [1.54, 1.807) is 0 Å². The summed E-state index contributed by atoms with van der Waals surface area (Å²) >= 11 is 3.90. The van der Waals surface area contributed by atoms with Crippen molar-refractivity contribution in [2.24, 2.45) is 14.1 Å². The number of fused-ring (bicyclic) bond motifs is 2. The number of aryl methyl sites for hydroxylation is 2. The maximum atomic E-state index is 3.90. The average molecular weight is 447 g/mol. The largest absolute Gasteiger partial charge is 0.244 e. The van der Waals surface area contributed by atoms with Crippen molar-refractivity contribution in [2.75, 3.05) is 0 Å². The quantitative estimate of drug-likeness (QED) is 0.369. The van der Waals surface area contributed by atoms with Crippen LogP contribution in [-0.4, -0.2) is 9.13 Å². The Morgan fingerprint density at radius 3 is 1.59 bits per heavy atom. The van der Waals surface area contributed by atoms with E-state index in [0.717, 1.165) is 13.1 Å². The van der Waals surface area contributed by atoms with Crippen molar-refractivity contribution in [3.63, 3.8) is 0 Å². The lowest BCUT2D eigenvalue weighted by molar-refractivity contribution is -0.645. The lowest BCUT2D eigenvalue weighted by Gasteiger charge is -2.08. The first-order valence-corrected chi connectivity index (χ1v) is 10.5. The van der Waals surface area contributed by atoms with Gasteiger partial charge in [-0.15, -0.1) is 0 Å². The fourth-order valence-electron chi connectivity index (χ4n) is 4.17. The Balaban J connectivity index is 1.51. The van der Waals surface area contributed by atoms with Gasteiger partial charge in [0.2, 0.25) is 12.7 Å². The Kier molecular flexibility index (Phi) is 4.47. The summed E-state index contributed by atoms with van der Waals surface area (Å²) in [6.45, 7) is 1.66. The zero-order chi connectivity index (χ0) is 20.0. The predicted octanol–water partition coefficient (Wildman–Crippen LogP) is 4.10. The molecule has 4 nitrogen and oxygen atoms in total. The molecule has 0 saturated heterocycles. The Bertz CT molecular complexity index is 1250. The Hall–Kier alpha value is -2.92. The monoisotopic (exact) mass is 446 g/mol. The van der Waals surface area contributed by atoms with Gasteiger partial charge >= 0.3 is 0 Å². The molecule has 0 radical (unpaired) electrons. The molecule has 0 bridgehead atoms. The van der Waals surface area contributed by atoms with Gasteiger partial charge in [-0.05, 0) is 40.2 Å². The molecule has 2 heterocycles. The third kappa shape index (κ3) is 3.15. The molecule has 0 amide bonds. The summed E-state index contributed by atoms with van der Waals surface area (Å²) < 4.78 is 10.2. The molecule has 0 aliphatic rings. The van der Waals surface area contributed by atoms with Crippen molar-refractivity contribution in [3.8, 4) is 0 Å². The summed E-state index contributed by atoms with van der Waals surface area (Å²) in [7, 11) is 4.20. The van der Waals surface area contributed by atoms with Crippen LogP contribution in [0.1, 0.15) is 11.1 Å². The number of nitrogens with zero attached hydrogens (tertiary/aromatic N) is 4. The number of hydrogen-bond acceptors (Lipinski definition) is 0. The molecular formula is C24H23BrN4+2. The van der Waals surface area contributed by atoms with Crippen molar-refractivity contribution in [1.82, 2.24) is 9.13 Å². The van der Waals surface area contributed by atoms with E-state index in [4.69, 9.17) is 0 Å². The Morgan fingerprint density at radius 2 is 1.10 bits per heavy atom. The van der Waals surface area contributed by atoms with Crippen LogP contribution in [0.15, 0.2) is 83.9 Å². The number of benzene rings is 3. The van der Waals surface area contributed by atoms with Gasteiger partial charge in [-0.2, -0.15) is 0 Å². The number of rotatable bonds is 4. The van der Waals surface area contributed by atoms with E-state index in [1.165, 1.54) is 37.7 Å². The highest BCUT2D eigenvalue weighted by molar-refractivity contribution is 9.10. The second-order valence-corrected chi connectivity index (χ2v) is 8.37. The predicted molar refractivity (Wildman–Crippen MR) is 119 cm³/mol. The zero-order valence-corrected chi connectivity index (χ0v) is 18.2. The summed E-state index contributed by atoms with van der Waals surface area (Å²) in [5, 5.41) is 0. The van der Waals surface area contributed by atoms with Crippen molar-refractivity contribution in [2.45, 2.75) is 13.1 Å². The van der Waals surface area contributed by atoms with Gasteiger partial charge in [-0.25, -0.2) is 18.3 Å². The van der Waals surface area contributed by atoms with Crippen LogP contribution in [0.25, 0.3) is 22.1 Å². The lowest BCUT2D eigenvalue weighted by Crippen LogP contribution is -2.25. The van der Waals surface area contributed by atoms with Gasteiger partial charge in [-0.3, -0.25) is 0 Å². The number of para-hydroxylation sites is 4. The minimum absolute atomic E-state index is 0.829. The van der Waals surface area contributed by atoms with E-state index in [0.29, 0.717) is 0 Å². The van der Waals surface area contributed by atoms with E-state index in [2.05, 4.69) is 128 Å². The molecule has 0 atom stereocenters. The normalized spacial score (nSPS) is 11.6. The molecule has 0 aliphatic carbocycles. The lowest BCUT2D eigenvalue weighted by atomic mass is 10.1. The van der Waals surface area contributed by atoms with E-state index in [-0.39, 0.29) is 0 Å². The van der Waals surface area contributed by atoms with E-state index in [1.807, 2.05) is 0 Å². The molecule has 5 rings (SSSR count). The molecule has 5 aromatic rings. The second kappa shape index (κ2) is 7.16. The summed E-state index contributed by atoms with van der Waals surface area (Å²) in [6.07, 6.45) is 4.34. The molecule has 0 spiro atoms. The SMILES string of the molecule is C[n+]1cn(Cc2cccc(Cn3c[n+](C)c4ccccc43)c2Br)c2ccccc21. The van der Waals surface area contributed by atoms with Crippen LogP contribution in [0.5, 0.6) is 0 Å². The van der Waals surface area contributed by atoms with Crippen molar-refractivity contribution in [3.05, 3.63) is 95.0 Å². The minimum Gasteiger partial charge on any atom is -0.233 e. The van der Waals surface area contributed by atoms with Gasteiger partial charge < -0.3 is 0 Å². The van der Waals surface area contributed by atoms with Gasteiger partial charge in [-0.1, -0.05) is 42.5 Å². The van der Waals surface area contributed by atoms with Gasteiger partial charge in [0.1, 0.15) is 13.1 Å². The Labute approximate surface area is 178 Å². The smallest absolute Gasteiger partial charge is 0.233 e. The van der Waals surface area contributed by atoms with Crippen LogP contribution in [0.3, 0.4) is 0 Å². The maximum Gasteiger partial charge on any atom is 0.244 e. The van der Waals surface area contributed by atoms with Gasteiger partial charge in [0, 0.05) is 15.6 Å². The molecule has 29 heavy (non-hydrogen) atoms. The fraction of sp³-hybridized carbons (Fsp3) is 0.167. The molecule has 144 valence electrons.